The van der Waals surface area contributed by atoms with E-state index < -0.39 is 0 Å². The molecule has 0 saturated carbocycles. The van der Waals surface area contributed by atoms with Crippen molar-refractivity contribution >= 4 is 34.4 Å². The van der Waals surface area contributed by atoms with E-state index in [0.717, 1.165) is 22.5 Å². The number of hydrogen-bond acceptors (Lipinski definition) is 5. The predicted molar refractivity (Wildman–Crippen MR) is 158 cm³/mol. The van der Waals surface area contributed by atoms with Crippen LogP contribution in [0.4, 0.5) is 5.82 Å². The maximum atomic E-state index is 13.5. The van der Waals surface area contributed by atoms with E-state index in [2.05, 4.69) is 26.1 Å². The number of anilines is 1. The molecule has 0 fully saturated rings. The van der Waals surface area contributed by atoms with Crippen molar-refractivity contribution in [2.45, 2.75) is 44.8 Å². The van der Waals surface area contributed by atoms with Gasteiger partial charge in [0.1, 0.15) is 5.82 Å². The van der Waals surface area contributed by atoms with Gasteiger partial charge in [0.2, 0.25) is 5.91 Å². The predicted octanol–water partition coefficient (Wildman–Crippen LogP) is 5.97. The zero-order valence-corrected chi connectivity index (χ0v) is 23.3. The first-order valence-electron chi connectivity index (χ1n) is 12.8. The van der Waals surface area contributed by atoms with E-state index in [4.69, 9.17) is 10.1 Å². The summed E-state index contributed by atoms with van der Waals surface area (Å²) in [4.78, 5) is 31.4. The van der Waals surface area contributed by atoms with Crippen LogP contribution in [0.25, 0.3) is 16.6 Å². The number of rotatable bonds is 7. The Kier molecular flexibility index (Phi) is 7.39. The SMILES string of the molecule is Cc1ccc(Cn2c(SCC(=O)Nc3cc(C(C)(C)C)nn3-c3ccccc3)nc3ccccc3c2=O)cc1. The van der Waals surface area contributed by atoms with Gasteiger partial charge in [0.15, 0.2) is 5.16 Å². The van der Waals surface area contributed by atoms with Crippen molar-refractivity contribution in [3.05, 3.63) is 112 Å². The Hall–Kier alpha value is -4.17. The van der Waals surface area contributed by atoms with E-state index in [1.165, 1.54) is 11.8 Å². The van der Waals surface area contributed by atoms with Crippen LogP contribution in [0.2, 0.25) is 0 Å². The summed E-state index contributed by atoms with van der Waals surface area (Å²) in [5.41, 5.74) is 4.18. The van der Waals surface area contributed by atoms with Crippen LogP contribution in [0.15, 0.2) is 94.9 Å². The largest absolute Gasteiger partial charge is 0.310 e. The van der Waals surface area contributed by atoms with Gasteiger partial charge in [-0.1, -0.05) is 92.7 Å². The number of fused-ring (bicyclic) bond motifs is 1. The molecule has 8 heteroatoms. The van der Waals surface area contributed by atoms with Crippen LogP contribution in [-0.2, 0) is 16.8 Å². The van der Waals surface area contributed by atoms with Crippen LogP contribution in [-0.4, -0.2) is 31.0 Å². The average Bonchev–Trinajstić information content (AvgIpc) is 3.35. The molecule has 198 valence electrons. The number of aromatic nitrogens is 4. The summed E-state index contributed by atoms with van der Waals surface area (Å²) >= 11 is 1.25. The summed E-state index contributed by atoms with van der Waals surface area (Å²) in [6.45, 7) is 8.67. The molecule has 0 saturated heterocycles. The number of para-hydroxylation sites is 2. The highest BCUT2D eigenvalue weighted by atomic mass is 32.2. The van der Waals surface area contributed by atoms with Gasteiger partial charge in [-0.05, 0) is 36.8 Å². The van der Waals surface area contributed by atoms with Crippen LogP contribution >= 0.6 is 11.8 Å². The number of hydrogen-bond donors (Lipinski definition) is 1. The highest BCUT2D eigenvalue weighted by Crippen LogP contribution is 2.27. The lowest BCUT2D eigenvalue weighted by Gasteiger charge is -2.14. The second kappa shape index (κ2) is 10.9. The molecular weight excluding hydrogens is 506 g/mol. The van der Waals surface area contributed by atoms with Crippen molar-refractivity contribution in [2.24, 2.45) is 0 Å². The van der Waals surface area contributed by atoms with Gasteiger partial charge in [-0.3, -0.25) is 14.2 Å². The summed E-state index contributed by atoms with van der Waals surface area (Å²) in [7, 11) is 0. The lowest BCUT2D eigenvalue weighted by Crippen LogP contribution is -2.25. The first kappa shape index (κ1) is 26.4. The zero-order valence-electron chi connectivity index (χ0n) is 22.5. The van der Waals surface area contributed by atoms with Gasteiger partial charge in [-0.15, -0.1) is 0 Å². The first-order valence-corrected chi connectivity index (χ1v) is 13.8. The minimum absolute atomic E-state index is 0.0868. The van der Waals surface area contributed by atoms with Crippen molar-refractivity contribution in [3.63, 3.8) is 0 Å². The van der Waals surface area contributed by atoms with Crippen molar-refractivity contribution in [3.8, 4) is 5.69 Å². The smallest absolute Gasteiger partial charge is 0.262 e. The van der Waals surface area contributed by atoms with Crippen LogP contribution in [0.3, 0.4) is 0 Å². The molecule has 5 aromatic rings. The summed E-state index contributed by atoms with van der Waals surface area (Å²) in [6.07, 6.45) is 0. The first-order chi connectivity index (χ1) is 18.7. The average molecular weight is 538 g/mol. The standard InChI is InChI=1S/C31H31N5O2S/c1-21-14-16-22(17-15-21)19-35-29(38)24-12-8-9-13-25(24)32-30(35)39-20-28(37)33-27-18-26(31(2,3)4)34-36(27)23-10-6-5-7-11-23/h5-18H,19-20H2,1-4H3,(H,33,37). The Labute approximate surface area is 231 Å². The number of carbonyl (C=O) groups excluding carboxylic acids is 1. The summed E-state index contributed by atoms with van der Waals surface area (Å²) in [5, 5.41) is 8.85. The molecule has 2 heterocycles. The fourth-order valence-corrected chi connectivity index (χ4v) is 4.98. The number of benzene rings is 3. The molecule has 0 aliphatic carbocycles. The van der Waals surface area contributed by atoms with Crippen LogP contribution in [0.5, 0.6) is 0 Å². The third kappa shape index (κ3) is 5.96. The van der Waals surface area contributed by atoms with E-state index in [-0.39, 0.29) is 22.6 Å². The van der Waals surface area contributed by atoms with Gasteiger partial charge in [0, 0.05) is 11.5 Å². The topological polar surface area (TPSA) is 81.8 Å². The van der Waals surface area contributed by atoms with Crippen molar-refractivity contribution in [2.75, 3.05) is 11.1 Å². The molecular formula is C31H31N5O2S. The van der Waals surface area contributed by atoms with E-state index in [0.29, 0.717) is 28.4 Å². The fraction of sp³-hybridized carbons (Fsp3) is 0.226. The van der Waals surface area contributed by atoms with Crippen LogP contribution in [0.1, 0.15) is 37.6 Å². The molecule has 2 aromatic heterocycles. The molecule has 1 N–H and O–H groups in total. The Balaban J connectivity index is 1.42. The minimum Gasteiger partial charge on any atom is -0.310 e. The Morgan fingerprint density at radius 3 is 2.36 bits per heavy atom. The van der Waals surface area contributed by atoms with Crippen molar-refractivity contribution in [1.29, 1.82) is 0 Å². The van der Waals surface area contributed by atoms with E-state index in [1.54, 1.807) is 15.3 Å². The maximum Gasteiger partial charge on any atom is 0.262 e. The number of aryl methyl sites for hydroxylation is 1. The Morgan fingerprint density at radius 1 is 0.949 bits per heavy atom. The van der Waals surface area contributed by atoms with Gasteiger partial charge >= 0.3 is 0 Å². The van der Waals surface area contributed by atoms with Gasteiger partial charge in [-0.2, -0.15) is 5.10 Å². The number of carbonyl (C=O) groups is 1. The second-order valence-electron chi connectivity index (χ2n) is 10.5. The molecule has 0 unspecified atom stereocenters. The minimum atomic E-state index is -0.207. The second-order valence-corrected chi connectivity index (χ2v) is 11.5. The number of thioether (sulfide) groups is 1. The fourth-order valence-electron chi connectivity index (χ4n) is 4.19. The molecule has 0 radical (unpaired) electrons. The molecule has 0 bridgehead atoms. The lowest BCUT2D eigenvalue weighted by atomic mass is 9.92. The van der Waals surface area contributed by atoms with E-state index in [1.807, 2.05) is 85.8 Å². The Morgan fingerprint density at radius 2 is 1.64 bits per heavy atom. The number of nitrogens with one attached hydrogen (secondary N) is 1. The highest BCUT2D eigenvalue weighted by Gasteiger charge is 2.22. The molecule has 0 aliphatic rings. The quantitative estimate of drug-likeness (QED) is 0.204. The van der Waals surface area contributed by atoms with Crippen LogP contribution < -0.4 is 10.9 Å². The van der Waals surface area contributed by atoms with Gasteiger partial charge in [0.25, 0.3) is 5.56 Å². The summed E-state index contributed by atoms with van der Waals surface area (Å²) in [5.74, 6) is 0.478. The molecule has 3 aromatic carbocycles. The van der Waals surface area contributed by atoms with E-state index in [9.17, 15) is 9.59 Å². The third-order valence-electron chi connectivity index (χ3n) is 6.37. The lowest BCUT2D eigenvalue weighted by molar-refractivity contribution is -0.113. The van der Waals surface area contributed by atoms with Gasteiger partial charge in [0.05, 0.1) is 34.6 Å². The molecule has 39 heavy (non-hydrogen) atoms. The number of amides is 1. The molecule has 5 rings (SSSR count). The van der Waals surface area contributed by atoms with Gasteiger partial charge in [-0.25, -0.2) is 9.67 Å². The monoisotopic (exact) mass is 537 g/mol. The van der Waals surface area contributed by atoms with Crippen LogP contribution in [0, 0.1) is 6.92 Å². The molecule has 0 aliphatic heterocycles. The van der Waals surface area contributed by atoms with E-state index >= 15 is 0 Å². The molecule has 0 atom stereocenters. The normalized spacial score (nSPS) is 11.6. The molecule has 7 nitrogen and oxygen atoms in total. The third-order valence-corrected chi connectivity index (χ3v) is 7.34. The molecule has 0 spiro atoms. The summed E-state index contributed by atoms with van der Waals surface area (Å²) < 4.78 is 3.40. The maximum absolute atomic E-state index is 13.5. The highest BCUT2D eigenvalue weighted by molar-refractivity contribution is 7.99. The molecule has 1 amide bonds. The Bertz CT molecular complexity index is 1680. The van der Waals surface area contributed by atoms with Gasteiger partial charge < -0.3 is 5.32 Å². The van der Waals surface area contributed by atoms with Crippen molar-refractivity contribution < 1.29 is 4.79 Å². The zero-order chi connectivity index (χ0) is 27.6. The number of nitrogens with zero attached hydrogens (tertiary/aromatic N) is 4. The summed E-state index contributed by atoms with van der Waals surface area (Å²) in [6, 6.07) is 27.0. The van der Waals surface area contributed by atoms with Crippen molar-refractivity contribution in [1.82, 2.24) is 19.3 Å².